The van der Waals surface area contributed by atoms with Crippen LogP contribution in [0.15, 0.2) is 70.3 Å². The van der Waals surface area contributed by atoms with Gasteiger partial charge in [-0.3, -0.25) is 14.2 Å². The molecule has 0 aliphatic heterocycles. The number of carbonyl (C=O) groups excluding carboxylic acids is 1. The van der Waals surface area contributed by atoms with Gasteiger partial charge in [0.05, 0.1) is 33.2 Å². The van der Waals surface area contributed by atoms with Crippen LogP contribution in [0.1, 0.15) is 41.3 Å². The Morgan fingerprint density at radius 3 is 2.34 bits per heavy atom. The lowest BCUT2D eigenvalue weighted by Crippen LogP contribution is -2.38. The Morgan fingerprint density at radius 2 is 1.63 bits per heavy atom. The van der Waals surface area contributed by atoms with Gasteiger partial charge in [0.2, 0.25) is 0 Å². The first-order valence-corrected chi connectivity index (χ1v) is 13.1. The maximum atomic E-state index is 15.6. The molecule has 2 aromatic heterocycles. The molecule has 0 saturated heterocycles. The third-order valence-electron chi connectivity index (χ3n) is 7.85. The summed E-state index contributed by atoms with van der Waals surface area (Å²) < 4.78 is 32.3. The Labute approximate surface area is 232 Å². The Hall–Kier alpha value is -5.05. The van der Waals surface area contributed by atoms with Gasteiger partial charge in [0.15, 0.2) is 5.82 Å². The van der Waals surface area contributed by atoms with Gasteiger partial charge in [-0.2, -0.15) is 0 Å². The molecule has 3 N–H and O–H groups in total. The predicted octanol–water partition coefficient (Wildman–Crippen LogP) is 5.80. The Balaban J connectivity index is 1.69. The van der Waals surface area contributed by atoms with Crippen molar-refractivity contribution in [3.63, 3.8) is 0 Å². The summed E-state index contributed by atoms with van der Waals surface area (Å²) in [4.78, 5) is 42.4. The first-order chi connectivity index (χ1) is 19.5. The van der Waals surface area contributed by atoms with E-state index < -0.39 is 28.8 Å². The van der Waals surface area contributed by atoms with Crippen LogP contribution in [-0.2, 0) is 7.05 Å². The second-order valence-electron chi connectivity index (χ2n) is 10.5. The fraction of sp³-hybridized carbons (Fsp3) is 0.156. The van der Waals surface area contributed by atoms with Gasteiger partial charge < -0.3 is 10.7 Å². The molecule has 0 bridgehead atoms. The lowest BCUT2D eigenvalue weighted by atomic mass is 9.92. The van der Waals surface area contributed by atoms with Crippen LogP contribution in [-0.4, -0.2) is 20.0 Å². The molecular formula is C32H26F2N4O3. The van der Waals surface area contributed by atoms with Gasteiger partial charge in [-0.25, -0.2) is 18.1 Å². The zero-order valence-corrected chi connectivity index (χ0v) is 22.8. The summed E-state index contributed by atoms with van der Waals surface area (Å²) in [5.74, 6) is -1.79. The molecule has 0 aliphatic carbocycles. The van der Waals surface area contributed by atoms with Crippen LogP contribution < -0.4 is 17.0 Å². The summed E-state index contributed by atoms with van der Waals surface area (Å²) in [5.41, 5.74) is 7.89. The average molecular weight is 553 g/mol. The van der Waals surface area contributed by atoms with E-state index in [2.05, 4.69) is 4.98 Å². The van der Waals surface area contributed by atoms with E-state index in [4.69, 9.17) is 5.73 Å². The van der Waals surface area contributed by atoms with E-state index in [1.807, 2.05) is 26.0 Å². The third-order valence-corrected chi connectivity index (χ3v) is 7.85. The van der Waals surface area contributed by atoms with Gasteiger partial charge in [-0.05, 0) is 59.4 Å². The van der Waals surface area contributed by atoms with Gasteiger partial charge >= 0.3 is 5.69 Å². The number of aryl methyl sites for hydroxylation is 1. The predicted molar refractivity (Wildman–Crippen MR) is 157 cm³/mol. The van der Waals surface area contributed by atoms with E-state index in [0.717, 1.165) is 9.13 Å². The number of carbonyl (C=O) groups is 1. The number of aromatic amines is 1. The molecule has 0 radical (unpaired) electrons. The molecule has 7 nitrogen and oxygen atoms in total. The number of nitrogens with two attached hydrogens (primary N) is 1. The molecule has 0 atom stereocenters. The standard InChI is InChI=1S/C32H26F2N4O3/c1-15(2)17-11-13-20-25-19(12-14-21(30(35)39)27(25)36-28(20)26(17)34)18-7-6-10-24(16(18)3)38-31(40)22-8-5-9-23(33)29(22)37(4)32(38)41/h5-15,36H,1-4H3,(H2,35,39). The summed E-state index contributed by atoms with van der Waals surface area (Å²) in [5, 5.41) is 1.23. The molecule has 4 aromatic carbocycles. The minimum Gasteiger partial charge on any atom is -0.366 e. The van der Waals surface area contributed by atoms with E-state index in [1.54, 1.807) is 37.3 Å². The van der Waals surface area contributed by atoms with Crippen molar-refractivity contribution in [2.24, 2.45) is 12.8 Å². The second-order valence-corrected chi connectivity index (χ2v) is 10.5. The highest BCUT2D eigenvalue weighted by molar-refractivity contribution is 6.20. The number of aromatic nitrogens is 3. The number of hydrogen-bond acceptors (Lipinski definition) is 3. The fourth-order valence-electron chi connectivity index (χ4n) is 5.79. The lowest BCUT2D eigenvalue weighted by Gasteiger charge is -2.16. The van der Waals surface area contributed by atoms with Crippen molar-refractivity contribution in [3.8, 4) is 16.8 Å². The van der Waals surface area contributed by atoms with Crippen molar-refractivity contribution in [1.29, 1.82) is 0 Å². The van der Waals surface area contributed by atoms with Crippen molar-refractivity contribution < 1.29 is 13.6 Å². The normalized spacial score (nSPS) is 11.8. The number of nitrogens with zero attached hydrogens (tertiary/aromatic N) is 2. The van der Waals surface area contributed by atoms with E-state index in [1.165, 1.54) is 25.2 Å². The number of fused-ring (bicyclic) bond motifs is 4. The van der Waals surface area contributed by atoms with Gasteiger partial charge in [0.1, 0.15) is 5.82 Å². The number of H-pyrrole nitrogens is 1. The minimum absolute atomic E-state index is 0.0591. The van der Waals surface area contributed by atoms with Gasteiger partial charge in [0, 0.05) is 17.8 Å². The molecule has 6 rings (SSSR count). The number of benzene rings is 4. The van der Waals surface area contributed by atoms with Crippen LogP contribution in [0.5, 0.6) is 0 Å². The second kappa shape index (κ2) is 9.26. The summed E-state index contributed by atoms with van der Waals surface area (Å²) in [7, 11) is 1.42. The number of amides is 1. The summed E-state index contributed by atoms with van der Waals surface area (Å²) in [6.07, 6.45) is 0. The Bertz CT molecular complexity index is 2210. The average Bonchev–Trinajstić information content (AvgIpc) is 3.33. The molecule has 0 fully saturated rings. The third kappa shape index (κ3) is 3.72. The number of nitrogens with one attached hydrogen (secondary N) is 1. The smallest absolute Gasteiger partial charge is 0.335 e. The molecule has 9 heteroatoms. The SMILES string of the molecule is Cc1c(-c2ccc(C(N)=O)c3[nH]c4c(F)c(C(C)C)ccc4c23)cccc1-n1c(=O)c2cccc(F)c2n(C)c1=O. The van der Waals surface area contributed by atoms with Crippen molar-refractivity contribution >= 4 is 38.6 Å². The highest BCUT2D eigenvalue weighted by Gasteiger charge is 2.23. The number of halogens is 2. The maximum absolute atomic E-state index is 15.6. The van der Waals surface area contributed by atoms with Crippen molar-refractivity contribution in [1.82, 2.24) is 14.1 Å². The molecule has 0 unspecified atom stereocenters. The van der Waals surface area contributed by atoms with E-state index in [-0.39, 0.29) is 27.9 Å². The zero-order valence-electron chi connectivity index (χ0n) is 22.8. The van der Waals surface area contributed by atoms with Crippen LogP contribution in [0, 0.1) is 18.6 Å². The molecule has 2 heterocycles. The summed E-state index contributed by atoms with van der Waals surface area (Å²) in [6, 6.07) is 16.1. The van der Waals surface area contributed by atoms with Gasteiger partial charge in [0.25, 0.3) is 11.5 Å². The Morgan fingerprint density at radius 1 is 0.902 bits per heavy atom. The van der Waals surface area contributed by atoms with E-state index in [9.17, 15) is 18.8 Å². The summed E-state index contributed by atoms with van der Waals surface area (Å²) in [6.45, 7) is 5.57. The van der Waals surface area contributed by atoms with Crippen LogP contribution in [0.4, 0.5) is 8.78 Å². The molecule has 41 heavy (non-hydrogen) atoms. The molecule has 0 saturated carbocycles. The van der Waals surface area contributed by atoms with Crippen LogP contribution in [0.2, 0.25) is 0 Å². The summed E-state index contributed by atoms with van der Waals surface area (Å²) >= 11 is 0. The number of primary amides is 1. The van der Waals surface area contributed by atoms with Crippen LogP contribution in [0.3, 0.4) is 0 Å². The molecule has 206 valence electrons. The van der Waals surface area contributed by atoms with E-state index >= 15 is 4.39 Å². The van der Waals surface area contributed by atoms with Crippen LogP contribution >= 0.6 is 0 Å². The van der Waals surface area contributed by atoms with E-state index in [0.29, 0.717) is 44.2 Å². The van der Waals surface area contributed by atoms with Gasteiger partial charge in [-0.15, -0.1) is 0 Å². The number of hydrogen-bond donors (Lipinski definition) is 2. The molecule has 0 spiro atoms. The number of para-hydroxylation sites is 1. The topological polar surface area (TPSA) is 103 Å². The Kier molecular flexibility index (Phi) is 5.92. The first kappa shape index (κ1) is 26.2. The highest BCUT2D eigenvalue weighted by Crippen LogP contribution is 2.40. The monoisotopic (exact) mass is 552 g/mol. The van der Waals surface area contributed by atoms with Crippen molar-refractivity contribution in [2.75, 3.05) is 0 Å². The minimum atomic E-state index is -0.697. The maximum Gasteiger partial charge on any atom is 0.335 e. The van der Waals surface area contributed by atoms with Gasteiger partial charge in [-0.1, -0.05) is 50.2 Å². The van der Waals surface area contributed by atoms with Crippen molar-refractivity contribution in [2.45, 2.75) is 26.7 Å². The quantitative estimate of drug-likeness (QED) is 0.289. The highest BCUT2D eigenvalue weighted by atomic mass is 19.1. The largest absolute Gasteiger partial charge is 0.366 e. The molecular weight excluding hydrogens is 526 g/mol. The van der Waals surface area contributed by atoms with Crippen LogP contribution in [0.25, 0.3) is 49.5 Å². The zero-order chi connectivity index (χ0) is 29.3. The first-order valence-electron chi connectivity index (χ1n) is 13.1. The number of rotatable bonds is 4. The fourth-order valence-corrected chi connectivity index (χ4v) is 5.79. The molecule has 0 aliphatic rings. The molecule has 1 amide bonds. The lowest BCUT2D eigenvalue weighted by molar-refractivity contribution is 0.100. The van der Waals surface area contributed by atoms with Crippen molar-refractivity contribution in [3.05, 3.63) is 110 Å². The molecule has 6 aromatic rings.